The molecule has 1 unspecified atom stereocenters. The van der Waals surface area contributed by atoms with E-state index >= 15 is 0 Å². The SMILES string of the molecule is Fc1cnc(N2CCC(Oc3ccc(Cl)cc3)C2)nc1. The molecule has 0 spiro atoms. The molecule has 2 aromatic rings. The Hall–Kier alpha value is -1.88. The number of halogens is 2. The van der Waals surface area contributed by atoms with Gasteiger partial charge >= 0.3 is 0 Å². The maximum Gasteiger partial charge on any atom is 0.225 e. The van der Waals surface area contributed by atoms with E-state index in [2.05, 4.69) is 9.97 Å². The van der Waals surface area contributed by atoms with E-state index in [0.29, 0.717) is 17.5 Å². The van der Waals surface area contributed by atoms with Crippen LogP contribution in [0.1, 0.15) is 6.42 Å². The van der Waals surface area contributed by atoms with Crippen molar-refractivity contribution in [2.24, 2.45) is 0 Å². The van der Waals surface area contributed by atoms with Crippen molar-refractivity contribution in [2.75, 3.05) is 18.0 Å². The third-order valence-corrected chi connectivity index (χ3v) is 3.40. The van der Waals surface area contributed by atoms with Crippen LogP contribution in [0.15, 0.2) is 36.7 Å². The number of hydrogen-bond acceptors (Lipinski definition) is 4. The number of anilines is 1. The maximum atomic E-state index is 12.8. The van der Waals surface area contributed by atoms with Crippen LogP contribution in [0.2, 0.25) is 5.02 Å². The zero-order valence-electron chi connectivity index (χ0n) is 10.7. The van der Waals surface area contributed by atoms with Gasteiger partial charge in [-0.15, -0.1) is 0 Å². The Kier molecular flexibility index (Phi) is 3.69. The van der Waals surface area contributed by atoms with E-state index in [4.69, 9.17) is 16.3 Å². The van der Waals surface area contributed by atoms with Gasteiger partial charge < -0.3 is 9.64 Å². The molecule has 3 rings (SSSR count). The number of benzene rings is 1. The standard InChI is InChI=1S/C14H13ClFN3O/c15-10-1-3-12(4-2-10)20-13-5-6-19(9-13)14-17-7-11(16)8-18-14/h1-4,7-8,13H,5-6,9H2. The normalized spacial score (nSPS) is 18.3. The number of rotatable bonds is 3. The molecule has 0 saturated carbocycles. The second kappa shape index (κ2) is 5.63. The average Bonchev–Trinajstić information content (AvgIpc) is 2.91. The van der Waals surface area contributed by atoms with Crippen molar-refractivity contribution in [1.29, 1.82) is 0 Å². The van der Waals surface area contributed by atoms with Crippen molar-refractivity contribution in [2.45, 2.75) is 12.5 Å². The van der Waals surface area contributed by atoms with Gasteiger partial charge in [0.2, 0.25) is 5.95 Å². The van der Waals surface area contributed by atoms with E-state index in [9.17, 15) is 4.39 Å². The fourth-order valence-corrected chi connectivity index (χ4v) is 2.31. The summed E-state index contributed by atoms with van der Waals surface area (Å²) in [7, 11) is 0. The van der Waals surface area contributed by atoms with E-state index in [1.165, 1.54) is 12.4 Å². The molecule has 1 aromatic carbocycles. The van der Waals surface area contributed by atoms with Crippen molar-refractivity contribution >= 4 is 17.5 Å². The molecule has 104 valence electrons. The van der Waals surface area contributed by atoms with Crippen molar-refractivity contribution in [3.8, 4) is 5.75 Å². The summed E-state index contributed by atoms with van der Waals surface area (Å²) < 4.78 is 18.7. The van der Waals surface area contributed by atoms with Gasteiger partial charge in [0.05, 0.1) is 18.9 Å². The Morgan fingerprint density at radius 2 is 1.90 bits per heavy atom. The lowest BCUT2D eigenvalue weighted by atomic mass is 10.3. The minimum absolute atomic E-state index is 0.0739. The lowest BCUT2D eigenvalue weighted by Crippen LogP contribution is -2.26. The smallest absolute Gasteiger partial charge is 0.225 e. The van der Waals surface area contributed by atoms with Crippen LogP contribution in [0.3, 0.4) is 0 Å². The van der Waals surface area contributed by atoms with Crippen LogP contribution in [0, 0.1) is 5.82 Å². The summed E-state index contributed by atoms with van der Waals surface area (Å²) in [5.74, 6) is 0.900. The van der Waals surface area contributed by atoms with Crippen molar-refractivity contribution in [3.05, 3.63) is 47.5 Å². The molecular weight excluding hydrogens is 281 g/mol. The van der Waals surface area contributed by atoms with Crippen LogP contribution in [-0.4, -0.2) is 29.2 Å². The number of nitrogens with zero attached hydrogens (tertiary/aromatic N) is 3. The van der Waals surface area contributed by atoms with Crippen LogP contribution in [-0.2, 0) is 0 Å². The maximum absolute atomic E-state index is 12.8. The lowest BCUT2D eigenvalue weighted by molar-refractivity contribution is 0.225. The zero-order chi connectivity index (χ0) is 13.9. The summed E-state index contributed by atoms with van der Waals surface area (Å²) >= 11 is 5.83. The summed E-state index contributed by atoms with van der Waals surface area (Å²) in [6, 6.07) is 7.29. The topological polar surface area (TPSA) is 38.2 Å². The number of hydrogen-bond donors (Lipinski definition) is 0. The highest BCUT2D eigenvalue weighted by molar-refractivity contribution is 6.30. The molecule has 0 radical (unpaired) electrons. The summed E-state index contributed by atoms with van der Waals surface area (Å²) in [5, 5.41) is 0.685. The molecule has 0 aliphatic carbocycles. The van der Waals surface area contributed by atoms with Gasteiger partial charge in [-0.3, -0.25) is 0 Å². The molecule has 6 heteroatoms. The molecule has 0 bridgehead atoms. The zero-order valence-corrected chi connectivity index (χ0v) is 11.4. The molecule has 0 amide bonds. The Morgan fingerprint density at radius 1 is 1.20 bits per heavy atom. The van der Waals surface area contributed by atoms with Crippen LogP contribution >= 0.6 is 11.6 Å². The van der Waals surface area contributed by atoms with Crippen LogP contribution < -0.4 is 9.64 Å². The molecule has 1 aromatic heterocycles. The van der Waals surface area contributed by atoms with Gasteiger partial charge in [0.15, 0.2) is 5.82 Å². The second-order valence-corrected chi connectivity index (χ2v) is 5.07. The first kappa shape index (κ1) is 13.1. The third kappa shape index (κ3) is 2.99. The lowest BCUT2D eigenvalue weighted by Gasteiger charge is -2.16. The highest BCUT2D eigenvalue weighted by atomic mass is 35.5. The first-order chi connectivity index (χ1) is 9.70. The molecule has 0 N–H and O–H groups in total. The summed E-state index contributed by atoms with van der Waals surface area (Å²) in [4.78, 5) is 9.95. The number of ether oxygens (including phenoxy) is 1. The highest BCUT2D eigenvalue weighted by Crippen LogP contribution is 2.22. The van der Waals surface area contributed by atoms with Gasteiger partial charge in [-0.1, -0.05) is 11.6 Å². The quantitative estimate of drug-likeness (QED) is 0.872. The molecule has 1 aliphatic rings. The van der Waals surface area contributed by atoms with Gasteiger partial charge in [-0.2, -0.15) is 0 Å². The van der Waals surface area contributed by atoms with E-state index in [1.54, 1.807) is 12.1 Å². The minimum Gasteiger partial charge on any atom is -0.489 e. The second-order valence-electron chi connectivity index (χ2n) is 4.63. The monoisotopic (exact) mass is 293 g/mol. The molecule has 1 aliphatic heterocycles. The van der Waals surface area contributed by atoms with E-state index in [-0.39, 0.29) is 6.10 Å². The predicted octanol–water partition coefficient (Wildman–Crippen LogP) is 2.93. The van der Waals surface area contributed by atoms with E-state index < -0.39 is 5.82 Å². The summed E-state index contributed by atoms with van der Waals surface area (Å²) in [6.45, 7) is 1.48. The first-order valence-corrected chi connectivity index (χ1v) is 6.73. The molecular formula is C14H13ClFN3O. The minimum atomic E-state index is -0.429. The Morgan fingerprint density at radius 3 is 2.60 bits per heavy atom. The van der Waals surface area contributed by atoms with Gasteiger partial charge in [0, 0.05) is 18.0 Å². The predicted molar refractivity (Wildman–Crippen MR) is 74.7 cm³/mol. The van der Waals surface area contributed by atoms with Gasteiger partial charge in [0.1, 0.15) is 11.9 Å². The van der Waals surface area contributed by atoms with Crippen LogP contribution in [0.25, 0.3) is 0 Å². The highest BCUT2D eigenvalue weighted by Gasteiger charge is 2.25. The third-order valence-electron chi connectivity index (χ3n) is 3.15. The summed E-state index contributed by atoms with van der Waals surface area (Å²) in [6.07, 6.45) is 3.30. The molecule has 20 heavy (non-hydrogen) atoms. The van der Waals surface area contributed by atoms with Gasteiger partial charge in [0.25, 0.3) is 0 Å². The van der Waals surface area contributed by atoms with Crippen LogP contribution in [0.5, 0.6) is 5.75 Å². The molecule has 1 fully saturated rings. The Labute approximate surface area is 121 Å². The molecule has 2 heterocycles. The van der Waals surface area contributed by atoms with Crippen molar-refractivity contribution < 1.29 is 9.13 Å². The van der Waals surface area contributed by atoms with E-state index in [0.717, 1.165) is 18.7 Å². The fraction of sp³-hybridized carbons (Fsp3) is 0.286. The summed E-state index contributed by atoms with van der Waals surface area (Å²) in [5.41, 5.74) is 0. The fourth-order valence-electron chi connectivity index (χ4n) is 2.18. The first-order valence-electron chi connectivity index (χ1n) is 6.35. The Balaban J connectivity index is 1.62. The number of aromatic nitrogens is 2. The Bertz CT molecular complexity index is 576. The molecule has 1 saturated heterocycles. The van der Waals surface area contributed by atoms with Crippen molar-refractivity contribution in [1.82, 2.24) is 9.97 Å². The average molecular weight is 294 g/mol. The largest absolute Gasteiger partial charge is 0.489 e. The van der Waals surface area contributed by atoms with Crippen LogP contribution in [0.4, 0.5) is 10.3 Å². The van der Waals surface area contributed by atoms with E-state index in [1.807, 2.05) is 17.0 Å². The van der Waals surface area contributed by atoms with Gasteiger partial charge in [-0.25, -0.2) is 14.4 Å². The molecule has 1 atom stereocenters. The van der Waals surface area contributed by atoms with Crippen molar-refractivity contribution in [3.63, 3.8) is 0 Å². The van der Waals surface area contributed by atoms with Gasteiger partial charge in [-0.05, 0) is 24.3 Å². The molecule has 4 nitrogen and oxygen atoms in total.